The average molecular weight is 676 g/mol. The van der Waals surface area contributed by atoms with Gasteiger partial charge >= 0.3 is 25.7 Å². The van der Waals surface area contributed by atoms with Crippen LogP contribution in [0.5, 0.6) is 0 Å². The minimum atomic E-state index is -4.70. The lowest BCUT2D eigenvalue weighted by Gasteiger charge is -2.20. The third-order valence-corrected chi connectivity index (χ3v) is 8.15. The maximum Gasteiger partial charge on any atom is 0.472 e. The second-order valence-electron chi connectivity index (χ2n) is 11.7. The highest BCUT2D eigenvalue weighted by atomic mass is 31.2. The number of hydrogen-bond acceptors (Lipinski definition) is 9. The second-order valence-corrected chi connectivity index (χ2v) is 13.1. The lowest BCUT2D eigenvalue weighted by Crippen LogP contribution is -2.34. The number of phosphoric ester groups is 1. The summed E-state index contributed by atoms with van der Waals surface area (Å²) in [6.45, 7) is 2.67. The van der Waals surface area contributed by atoms with E-state index in [0.717, 1.165) is 64.2 Å². The molecule has 0 aromatic heterocycles. The number of phosphoric acid groups is 1. The molecule has 0 aromatic rings. The Bertz CT molecular complexity index is 895. The molecule has 11 nitrogen and oxygen atoms in total. The average Bonchev–Trinajstić information content (AvgIpc) is 3.02. The van der Waals surface area contributed by atoms with Gasteiger partial charge < -0.3 is 25.2 Å². The quantitative estimate of drug-likeness (QED) is 0.0273. The summed E-state index contributed by atoms with van der Waals surface area (Å²) >= 11 is 0. The van der Waals surface area contributed by atoms with Crippen LogP contribution in [0.2, 0.25) is 0 Å². The van der Waals surface area contributed by atoms with Crippen LogP contribution in [-0.2, 0) is 37.5 Å². The van der Waals surface area contributed by atoms with Gasteiger partial charge in [0.25, 0.3) is 0 Å². The number of carboxylic acid groups (broad SMARTS) is 1. The number of esters is 2. The van der Waals surface area contributed by atoms with Gasteiger partial charge in [0.15, 0.2) is 6.10 Å². The fourth-order valence-electron chi connectivity index (χ4n) is 4.39. The molecule has 12 heteroatoms. The topological polar surface area (TPSA) is 172 Å². The first-order valence-corrected chi connectivity index (χ1v) is 18.9. The predicted molar refractivity (Wildman–Crippen MR) is 180 cm³/mol. The molecule has 3 atom stereocenters. The Balaban J connectivity index is 4.48. The second kappa shape index (κ2) is 30.3. The van der Waals surface area contributed by atoms with Crippen molar-refractivity contribution in [1.29, 1.82) is 0 Å². The summed E-state index contributed by atoms with van der Waals surface area (Å²) < 4.78 is 32.3. The van der Waals surface area contributed by atoms with E-state index in [9.17, 15) is 23.8 Å². The van der Waals surface area contributed by atoms with E-state index in [4.69, 9.17) is 24.8 Å². The van der Waals surface area contributed by atoms with Crippen molar-refractivity contribution in [2.24, 2.45) is 5.73 Å². The van der Waals surface area contributed by atoms with Gasteiger partial charge in [0, 0.05) is 12.8 Å². The monoisotopic (exact) mass is 675 g/mol. The molecular formula is C34H62NO10P. The van der Waals surface area contributed by atoms with E-state index >= 15 is 0 Å². The molecule has 0 aliphatic carbocycles. The Labute approximate surface area is 277 Å². The van der Waals surface area contributed by atoms with Gasteiger partial charge in [-0.25, -0.2) is 4.57 Å². The Morgan fingerprint density at radius 2 is 1.15 bits per heavy atom. The lowest BCUT2D eigenvalue weighted by molar-refractivity contribution is -0.161. The summed E-state index contributed by atoms with van der Waals surface area (Å²) in [4.78, 5) is 45.4. The number of aliphatic carboxylic acids is 1. The van der Waals surface area contributed by atoms with Crippen LogP contribution in [0.25, 0.3) is 0 Å². The molecule has 3 unspecified atom stereocenters. The van der Waals surface area contributed by atoms with E-state index in [0.29, 0.717) is 12.8 Å². The van der Waals surface area contributed by atoms with Crippen molar-refractivity contribution in [3.8, 4) is 0 Å². The number of ether oxygens (including phenoxy) is 2. The largest absolute Gasteiger partial charge is 0.480 e. The molecule has 0 aromatic carbocycles. The number of unbranched alkanes of at least 4 members (excludes halogenated alkanes) is 14. The van der Waals surface area contributed by atoms with Gasteiger partial charge in [-0.3, -0.25) is 23.4 Å². The molecular weight excluding hydrogens is 613 g/mol. The van der Waals surface area contributed by atoms with Gasteiger partial charge in [-0.05, 0) is 44.9 Å². The summed E-state index contributed by atoms with van der Waals surface area (Å²) in [6.07, 6.45) is 27.0. The first-order valence-electron chi connectivity index (χ1n) is 17.4. The molecule has 0 amide bonds. The van der Waals surface area contributed by atoms with Gasteiger partial charge in [0.05, 0.1) is 13.2 Å². The molecule has 0 rings (SSSR count). The zero-order valence-electron chi connectivity index (χ0n) is 28.4. The van der Waals surface area contributed by atoms with Crippen LogP contribution >= 0.6 is 7.82 Å². The molecule has 0 spiro atoms. The number of nitrogens with two attached hydrogens (primary N) is 1. The predicted octanol–water partition coefficient (Wildman–Crippen LogP) is 7.94. The van der Waals surface area contributed by atoms with Crippen molar-refractivity contribution in [3.63, 3.8) is 0 Å². The number of carbonyl (C=O) groups is 3. The highest BCUT2D eigenvalue weighted by Gasteiger charge is 2.28. The van der Waals surface area contributed by atoms with Crippen molar-refractivity contribution in [2.75, 3.05) is 19.8 Å². The minimum Gasteiger partial charge on any atom is -0.480 e. The van der Waals surface area contributed by atoms with Crippen molar-refractivity contribution >= 4 is 25.7 Å². The summed E-state index contributed by atoms with van der Waals surface area (Å²) in [5.74, 6) is -2.41. The van der Waals surface area contributed by atoms with Crippen LogP contribution in [0.4, 0.5) is 0 Å². The smallest absolute Gasteiger partial charge is 0.472 e. The normalized spacial score (nSPS) is 14.3. The molecule has 0 radical (unpaired) electrons. The maximum atomic E-state index is 12.5. The zero-order chi connectivity index (χ0) is 34.3. The van der Waals surface area contributed by atoms with Crippen LogP contribution in [0.15, 0.2) is 24.3 Å². The molecule has 4 N–H and O–H groups in total. The number of carboxylic acids is 1. The van der Waals surface area contributed by atoms with Crippen LogP contribution in [0.1, 0.15) is 142 Å². The van der Waals surface area contributed by atoms with Gasteiger partial charge in [0.1, 0.15) is 12.6 Å². The fourth-order valence-corrected chi connectivity index (χ4v) is 5.16. The van der Waals surface area contributed by atoms with Crippen molar-refractivity contribution in [2.45, 2.75) is 154 Å². The molecule has 0 heterocycles. The lowest BCUT2D eigenvalue weighted by atomic mass is 10.1. The van der Waals surface area contributed by atoms with E-state index < -0.39 is 51.1 Å². The van der Waals surface area contributed by atoms with Crippen LogP contribution in [0, 0.1) is 0 Å². The van der Waals surface area contributed by atoms with Gasteiger partial charge in [-0.2, -0.15) is 0 Å². The summed E-state index contributed by atoms with van der Waals surface area (Å²) in [5, 5.41) is 8.82. The molecule has 0 saturated heterocycles. The summed E-state index contributed by atoms with van der Waals surface area (Å²) in [7, 11) is -4.70. The highest BCUT2D eigenvalue weighted by Crippen LogP contribution is 2.43. The highest BCUT2D eigenvalue weighted by molar-refractivity contribution is 7.47. The zero-order valence-corrected chi connectivity index (χ0v) is 29.3. The SMILES string of the molecule is CCCCC/C=C\C/C=C\CCCCCCCC(=O)OC(COC(=O)CCCCCCCCC)COP(=O)(O)OCC(N)C(=O)O. The molecule has 268 valence electrons. The number of carbonyl (C=O) groups excluding carboxylic acids is 2. The molecule has 46 heavy (non-hydrogen) atoms. The van der Waals surface area contributed by atoms with Gasteiger partial charge in [0.2, 0.25) is 0 Å². The Morgan fingerprint density at radius 1 is 0.674 bits per heavy atom. The Hall–Kier alpha value is -2.04. The number of allylic oxidation sites excluding steroid dienone is 4. The minimum absolute atomic E-state index is 0.147. The van der Waals surface area contributed by atoms with Crippen LogP contribution in [0.3, 0.4) is 0 Å². The van der Waals surface area contributed by atoms with E-state index in [1.165, 1.54) is 38.5 Å². The summed E-state index contributed by atoms with van der Waals surface area (Å²) in [6, 6.07) is -1.52. The molecule has 0 fully saturated rings. The van der Waals surface area contributed by atoms with Crippen molar-refractivity contribution in [1.82, 2.24) is 0 Å². The standard InChI is InChI=1S/C34H62NO10P/c1-3-5-7-9-11-12-13-14-15-16-17-18-20-22-24-26-33(37)45-30(28-43-46(40,41)44-29-31(35)34(38)39)27-42-32(36)25-23-21-19-10-8-6-4-2/h11-12,14-15,30-31H,3-10,13,16-29,35H2,1-2H3,(H,38,39)(H,40,41)/b12-11-,15-14-. The first-order chi connectivity index (χ1) is 22.1. The summed E-state index contributed by atoms with van der Waals surface area (Å²) in [5.41, 5.74) is 5.29. The van der Waals surface area contributed by atoms with Crippen LogP contribution < -0.4 is 5.73 Å². The first kappa shape index (κ1) is 44.0. The molecule has 0 aliphatic rings. The third kappa shape index (κ3) is 29.4. The van der Waals surface area contributed by atoms with Crippen molar-refractivity contribution in [3.05, 3.63) is 24.3 Å². The molecule has 0 aliphatic heterocycles. The molecule has 0 bridgehead atoms. The molecule has 0 saturated carbocycles. The van der Waals surface area contributed by atoms with Crippen LogP contribution in [-0.4, -0.2) is 59.9 Å². The van der Waals surface area contributed by atoms with E-state index in [-0.39, 0.29) is 19.4 Å². The van der Waals surface area contributed by atoms with E-state index in [1.807, 2.05) is 0 Å². The number of rotatable bonds is 32. The Kier molecular flexibility index (Phi) is 29.0. The number of hydrogen-bond donors (Lipinski definition) is 3. The van der Waals surface area contributed by atoms with Gasteiger partial charge in [-0.1, -0.05) is 109 Å². The Morgan fingerprint density at radius 3 is 1.74 bits per heavy atom. The maximum absolute atomic E-state index is 12.5. The van der Waals surface area contributed by atoms with Crippen molar-refractivity contribution < 1.29 is 47.5 Å². The fraction of sp³-hybridized carbons (Fsp3) is 0.794. The van der Waals surface area contributed by atoms with Gasteiger partial charge in [-0.15, -0.1) is 0 Å². The van der Waals surface area contributed by atoms with E-state index in [1.54, 1.807) is 0 Å². The third-order valence-electron chi connectivity index (χ3n) is 7.20. The van der Waals surface area contributed by atoms with E-state index in [2.05, 4.69) is 42.7 Å².